The molecule has 0 bridgehead atoms. The molecule has 0 unspecified atom stereocenters. The van der Waals surface area contributed by atoms with E-state index in [2.05, 4.69) is 5.32 Å². The fourth-order valence-corrected chi connectivity index (χ4v) is 2.59. The number of nitrogens with one attached hydrogen (secondary N) is 1. The summed E-state index contributed by atoms with van der Waals surface area (Å²) >= 11 is 0. The monoisotopic (exact) mass is 224 g/mol. The summed E-state index contributed by atoms with van der Waals surface area (Å²) < 4.78 is 0. The first-order valence-corrected chi connectivity index (χ1v) is 6.27. The Morgan fingerprint density at radius 3 is 2.75 bits per heavy atom. The van der Waals surface area contributed by atoms with Crippen molar-refractivity contribution in [3.05, 3.63) is 0 Å². The van der Waals surface area contributed by atoms with Crippen LogP contribution in [0, 0.1) is 0 Å². The van der Waals surface area contributed by atoms with Crippen LogP contribution in [0.25, 0.3) is 0 Å². The third kappa shape index (κ3) is 3.30. The molecule has 4 heteroatoms. The summed E-state index contributed by atoms with van der Waals surface area (Å²) in [5, 5.41) is 3.05. The van der Waals surface area contributed by atoms with E-state index < -0.39 is 0 Å². The van der Waals surface area contributed by atoms with Gasteiger partial charge < -0.3 is 5.32 Å². The molecule has 1 heterocycles. The molecule has 4 nitrogen and oxygen atoms in total. The molecule has 16 heavy (non-hydrogen) atoms. The number of rotatable bonds is 3. The maximum atomic E-state index is 11.7. The minimum Gasteiger partial charge on any atom is -0.352 e. The van der Waals surface area contributed by atoms with Crippen LogP contribution in [0.4, 0.5) is 0 Å². The van der Waals surface area contributed by atoms with Gasteiger partial charge >= 0.3 is 0 Å². The average Bonchev–Trinajstić information content (AvgIpc) is 2.70. The highest BCUT2D eigenvalue weighted by molar-refractivity contribution is 5.83. The fraction of sp³-hybridized carbons (Fsp3) is 0.833. The second kappa shape index (κ2) is 5.43. The predicted octanol–water partition coefficient (Wildman–Crippen LogP) is 0.710. The van der Waals surface area contributed by atoms with Gasteiger partial charge in [-0.05, 0) is 25.8 Å². The highest BCUT2D eigenvalue weighted by Gasteiger charge is 2.21. The van der Waals surface area contributed by atoms with Crippen molar-refractivity contribution in [1.29, 1.82) is 0 Å². The van der Waals surface area contributed by atoms with E-state index in [1.54, 1.807) is 0 Å². The van der Waals surface area contributed by atoms with Gasteiger partial charge in [0.05, 0.1) is 13.1 Å². The smallest absolute Gasteiger partial charge is 0.234 e. The maximum Gasteiger partial charge on any atom is 0.234 e. The van der Waals surface area contributed by atoms with E-state index in [-0.39, 0.29) is 11.7 Å². The van der Waals surface area contributed by atoms with E-state index in [0.29, 0.717) is 25.6 Å². The Kier molecular flexibility index (Phi) is 3.93. The van der Waals surface area contributed by atoms with Crippen LogP contribution in [-0.4, -0.2) is 42.3 Å². The zero-order valence-corrected chi connectivity index (χ0v) is 9.71. The Morgan fingerprint density at radius 1 is 1.31 bits per heavy atom. The number of Topliss-reactive ketones (excluding diaryl/α,β-unsaturated/α-hetero) is 1. The summed E-state index contributed by atoms with van der Waals surface area (Å²) in [6.45, 7) is 1.73. The van der Waals surface area contributed by atoms with Crippen molar-refractivity contribution >= 4 is 11.7 Å². The maximum absolute atomic E-state index is 11.7. The lowest BCUT2D eigenvalue weighted by Gasteiger charge is -2.25. The van der Waals surface area contributed by atoms with Crippen LogP contribution < -0.4 is 5.32 Å². The van der Waals surface area contributed by atoms with Crippen molar-refractivity contribution in [3.63, 3.8) is 0 Å². The molecule has 1 saturated heterocycles. The summed E-state index contributed by atoms with van der Waals surface area (Å²) in [6, 6.07) is 0.382. The quantitative estimate of drug-likeness (QED) is 0.768. The van der Waals surface area contributed by atoms with Gasteiger partial charge in [-0.25, -0.2) is 0 Å². The summed E-state index contributed by atoms with van der Waals surface area (Å²) in [6.07, 6.45) is 6.27. The van der Waals surface area contributed by atoms with Crippen LogP contribution in [0.5, 0.6) is 0 Å². The van der Waals surface area contributed by atoms with Crippen LogP contribution in [0.2, 0.25) is 0 Å². The number of carbonyl (C=O) groups is 2. The predicted molar refractivity (Wildman–Crippen MR) is 61.1 cm³/mol. The Bertz CT molecular complexity index is 272. The van der Waals surface area contributed by atoms with E-state index in [4.69, 9.17) is 0 Å². The van der Waals surface area contributed by atoms with Crippen molar-refractivity contribution in [2.75, 3.05) is 19.6 Å². The molecule has 1 saturated carbocycles. The van der Waals surface area contributed by atoms with Crippen molar-refractivity contribution in [2.45, 2.75) is 44.6 Å². The van der Waals surface area contributed by atoms with Crippen LogP contribution in [0.1, 0.15) is 38.5 Å². The van der Waals surface area contributed by atoms with Gasteiger partial charge in [0, 0.05) is 12.5 Å². The number of likely N-dealkylation sites (tertiary alicyclic amines) is 1. The summed E-state index contributed by atoms with van der Waals surface area (Å²) in [7, 11) is 0. The standard InChI is InChI=1S/C12H20N2O2/c15-11-6-3-7-14(8-11)9-12(16)13-10-4-1-2-5-10/h10H,1-9H2,(H,13,16). The molecule has 0 aromatic carbocycles. The molecular formula is C12H20N2O2. The summed E-state index contributed by atoms with van der Waals surface area (Å²) in [4.78, 5) is 24.9. The van der Waals surface area contributed by atoms with E-state index in [1.165, 1.54) is 12.8 Å². The molecule has 0 atom stereocenters. The molecule has 0 aromatic rings. The number of hydrogen-bond donors (Lipinski definition) is 1. The van der Waals surface area contributed by atoms with E-state index in [9.17, 15) is 9.59 Å². The Balaban J connectivity index is 1.71. The molecule has 2 rings (SSSR count). The van der Waals surface area contributed by atoms with Gasteiger partial charge in [0.15, 0.2) is 0 Å². The van der Waals surface area contributed by atoms with E-state index >= 15 is 0 Å². The Morgan fingerprint density at radius 2 is 2.06 bits per heavy atom. The van der Waals surface area contributed by atoms with Crippen molar-refractivity contribution in [3.8, 4) is 0 Å². The number of nitrogens with zero attached hydrogens (tertiary/aromatic N) is 1. The first-order chi connectivity index (χ1) is 7.74. The minimum atomic E-state index is 0.0848. The average molecular weight is 224 g/mol. The SMILES string of the molecule is O=C1CCCN(CC(=O)NC2CCCC2)C1. The summed E-state index contributed by atoms with van der Waals surface area (Å²) in [5.74, 6) is 0.349. The van der Waals surface area contributed by atoms with Gasteiger partial charge in [0.25, 0.3) is 0 Å². The summed E-state index contributed by atoms with van der Waals surface area (Å²) in [5.41, 5.74) is 0. The molecule has 90 valence electrons. The van der Waals surface area contributed by atoms with Crippen LogP contribution in [0.15, 0.2) is 0 Å². The molecule has 1 N–H and O–H groups in total. The van der Waals surface area contributed by atoms with Gasteiger partial charge in [0.2, 0.25) is 5.91 Å². The Labute approximate surface area is 96.4 Å². The van der Waals surface area contributed by atoms with E-state index in [1.807, 2.05) is 4.90 Å². The highest BCUT2D eigenvalue weighted by Crippen LogP contribution is 2.17. The zero-order valence-electron chi connectivity index (χ0n) is 9.71. The molecule has 0 aromatic heterocycles. The van der Waals surface area contributed by atoms with Crippen molar-refractivity contribution < 1.29 is 9.59 Å². The minimum absolute atomic E-state index is 0.0848. The molecule has 2 fully saturated rings. The normalized spacial score (nSPS) is 23.6. The number of hydrogen-bond acceptors (Lipinski definition) is 3. The van der Waals surface area contributed by atoms with E-state index in [0.717, 1.165) is 25.8 Å². The van der Waals surface area contributed by atoms with Crippen LogP contribution in [0.3, 0.4) is 0 Å². The lowest BCUT2D eigenvalue weighted by molar-refractivity contribution is -0.126. The van der Waals surface area contributed by atoms with Gasteiger partial charge in [-0.15, -0.1) is 0 Å². The highest BCUT2D eigenvalue weighted by atomic mass is 16.2. The molecular weight excluding hydrogens is 204 g/mol. The fourth-order valence-electron chi connectivity index (χ4n) is 2.59. The molecule has 1 amide bonds. The number of ketones is 1. The van der Waals surface area contributed by atoms with Gasteiger partial charge in [-0.3, -0.25) is 14.5 Å². The van der Waals surface area contributed by atoms with Gasteiger partial charge in [-0.1, -0.05) is 12.8 Å². The molecule has 0 spiro atoms. The lowest BCUT2D eigenvalue weighted by Crippen LogP contribution is -2.44. The third-order valence-electron chi connectivity index (χ3n) is 3.42. The number of amides is 1. The molecule has 2 aliphatic rings. The molecule has 1 aliphatic heterocycles. The second-order valence-electron chi connectivity index (χ2n) is 4.90. The third-order valence-corrected chi connectivity index (χ3v) is 3.42. The molecule has 1 aliphatic carbocycles. The first-order valence-electron chi connectivity index (χ1n) is 6.27. The molecule has 0 radical (unpaired) electrons. The zero-order chi connectivity index (χ0) is 11.4. The van der Waals surface area contributed by atoms with Crippen molar-refractivity contribution in [1.82, 2.24) is 10.2 Å². The second-order valence-corrected chi connectivity index (χ2v) is 4.90. The van der Waals surface area contributed by atoms with Crippen LogP contribution in [-0.2, 0) is 9.59 Å². The first kappa shape index (κ1) is 11.6. The van der Waals surface area contributed by atoms with Gasteiger partial charge in [-0.2, -0.15) is 0 Å². The number of piperidine rings is 1. The topological polar surface area (TPSA) is 49.4 Å². The van der Waals surface area contributed by atoms with Crippen molar-refractivity contribution in [2.24, 2.45) is 0 Å². The van der Waals surface area contributed by atoms with Gasteiger partial charge in [0.1, 0.15) is 5.78 Å². The Hall–Kier alpha value is -0.900. The largest absolute Gasteiger partial charge is 0.352 e. The lowest BCUT2D eigenvalue weighted by atomic mass is 10.1. The van der Waals surface area contributed by atoms with Crippen LogP contribution >= 0.6 is 0 Å². The number of carbonyl (C=O) groups excluding carboxylic acids is 2.